The molecule has 0 saturated carbocycles. The molecule has 0 aromatic heterocycles. The number of rotatable bonds is 6. The molecular weight excluding hydrogens is 226 g/mol. The normalized spacial score (nSPS) is 13.6. The fourth-order valence-corrected chi connectivity index (χ4v) is 2.54. The Morgan fingerprint density at radius 1 is 1.25 bits per heavy atom. The van der Waals surface area contributed by atoms with Crippen LogP contribution in [0.15, 0.2) is 42.2 Å². The zero-order chi connectivity index (χ0) is 11.8. The topological polar surface area (TPSA) is 18.5 Å². The largest absolute Gasteiger partial charge is 0.498 e. The molecule has 0 spiro atoms. The Morgan fingerprint density at radius 3 is 2.50 bits per heavy atom. The van der Waals surface area contributed by atoms with Crippen LogP contribution in [0.2, 0.25) is 0 Å². The van der Waals surface area contributed by atoms with Gasteiger partial charge in [-0.1, -0.05) is 30.3 Å². The fraction of sp³-hybridized carbons (Fsp3) is 0.333. The number of benzene rings is 1. The minimum atomic E-state index is -1.36. The second kappa shape index (κ2) is 7.37. The van der Waals surface area contributed by atoms with E-state index in [4.69, 9.17) is 9.26 Å². The molecule has 88 valence electrons. The molecular formula is C12H16FO2P. The van der Waals surface area contributed by atoms with Crippen LogP contribution < -0.4 is 5.30 Å². The molecule has 1 atom stereocenters. The van der Waals surface area contributed by atoms with Gasteiger partial charge in [-0.2, -0.15) is 0 Å². The van der Waals surface area contributed by atoms with Crippen LogP contribution in [0.3, 0.4) is 0 Å². The third-order valence-corrected chi connectivity index (χ3v) is 3.57. The lowest BCUT2D eigenvalue weighted by Gasteiger charge is -2.14. The van der Waals surface area contributed by atoms with Gasteiger partial charge < -0.3 is 9.26 Å². The van der Waals surface area contributed by atoms with E-state index in [1.807, 2.05) is 44.2 Å². The van der Waals surface area contributed by atoms with E-state index in [9.17, 15) is 4.39 Å². The van der Waals surface area contributed by atoms with Crippen molar-refractivity contribution >= 4 is 13.5 Å². The van der Waals surface area contributed by atoms with Crippen molar-refractivity contribution in [3.05, 3.63) is 42.2 Å². The van der Waals surface area contributed by atoms with Gasteiger partial charge in [0.2, 0.25) is 0 Å². The summed E-state index contributed by atoms with van der Waals surface area (Å²) in [7, 11) is -1.36. The summed E-state index contributed by atoms with van der Waals surface area (Å²) in [5.74, 6) is 0. The van der Waals surface area contributed by atoms with Gasteiger partial charge in [0.05, 0.1) is 6.61 Å². The number of halogens is 1. The highest BCUT2D eigenvalue weighted by molar-refractivity contribution is 7.64. The Kier molecular flexibility index (Phi) is 6.05. The summed E-state index contributed by atoms with van der Waals surface area (Å²) in [6.45, 7) is 4.60. The van der Waals surface area contributed by atoms with Crippen molar-refractivity contribution in [2.75, 3.05) is 13.2 Å². The molecule has 0 aliphatic heterocycles. The van der Waals surface area contributed by atoms with Gasteiger partial charge in [0, 0.05) is 11.9 Å². The van der Waals surface area contributed by atoms with Gasteiger partial charge in [0.25, 0.3) is 0 Å². The van der Waals surface area contributed by atoms with Crippen LogP contribution >= 0.6 is 8.15 Å². The maximum atomic E-state index is 13.8. The SMILES string of the molecule is CCO/C=C(/F)P(OCC)c1ccccc1. The minimum Gasteiger partial charge on any atom is -0.498 e. The first-order valence-corrected chi connectivity index (χ1v) is 6.50. The molecule has 2 nitrogen and oxygen atoms in total. The molecule has 0 saturated heterocycles. The number of hydrogen-bond acceptors (Lipinski definition) is 2. The van der Waals surface area contributed by atoms with E-state index < -0.39 is 8.15 Å². The summed E-state index contributed by atoms with van der Waals surface area (Å²) in [4.78, 5) is 0. The molecule has 1 aromatic carbocycles. The van der Waals surface area contributed by atoms with E-state index in [-0.39, 0.29) is 5.57 Å². The average Bonchev–Trinajstić information content (AvgIpc) is 2.34. The summed E-state index contributed by atoms with van der Waals surface area (Å²) in [5.41, 5.74) is -0.343. The van der Waals surface area contributed by atoms with Crippen molar-refractivity contribution in [2.24, 2.45) is 0 Å². The predicted molar refractivity (Wildman–Crippen MR) is 65.4 cm³/mol. The van der Waals surface area contributed by atoms with Gasteiger partial charge in [-0.3, -0.25) is 0 Å². The van der Waals surface area contributed by atoms with Gasteiger partial charge in [0.15, 0.2) is 5.57 Å². The first kappa shape index (κ1) is 13.1. The molecule has 0 heterocycles. The summed E-state index contributed by atoms with van der Waals surface area (Å²) in [5, 5.41) is 0.854. The lowest BCUT2D eigenvalue weighted by Crippen LogP contribution is -2.03. The molecule has 1 aromatic rings. The molecule has 0 bridgehead atoms. The molecule has 1 unspecified atom stereocenters. The van der Waals surface area contributed by atoms with Crippen molar-refractivity contribution in [1.29, 1.82) is 0 Å². The molecule has 0 N–H and O–H groups in total. The van der Waals surface area contributed by atoms with Crippen LogP contribution in [0.1, 0.15) is 13.8 Å². The maximum absolute atomic E-state index is 13.8. The molecule has 0 radical (unpaired) electrons. The second-order valence-corrected chi connectivity index (χ2v) is 4.73. The predicted octanol–water partition coefficient (Wildman–Crippen LogP) is 3.55. The van der Waals surface area contributed by atoms with E-state index in [0.717, 1.165) is 11.6 Å². The molecule has 4 heteroatoms. The van der Waals surface area contributed by atoms with E-state index in [2.05, 4.69) is 0 Å². The Bertz CT molecular complexity index is 327. The van der Waals surface area contributed by atoms with E-state index in [0.29, 0.717) is 13.2 Å². The van der Waals surface area contributed by atoms with E-state index in [1.165, 1.54) is 0 Å². The molecule has 0 amide bonds. The van der Waals surface area contributed by atoms with Crippen LogP contribution in [-0.4, -0.2) is 13.2 Å². The minimum absolute atomic E-state index is 0.343. The highest BCUT2D eigenvalue weighted by atomic mass is 31.1. The zero-order valence-electron chi connectivity index (χ0n) is 9.52. The van der Waals surface area contributed by atoms with Crippen molar-refractivity contribution in [1.82, 2.24) is 0 Å². The van der Waals surface area contributed by atoms with Crippen LogP contribution in [0.25, 0.3) is 0 Å². The van der Waals surface area contributed by atoms with Crippen molar-refractivity contribution in [2.45, 2.75) is 13.8 Å². The summed E-state index contributed by atoms with van der Waals surface area (Å²) in [6.07, 6.45) is 1.15. The van der Waals surface area contributed by atoms with Gasteiger partial charge in [-0.15, -0.1) is 0 Å². The van der Waals surface area contributed by atoms with Crippen LogP contribution in [0, 0.1) is 0 Å². The molecule has 0 aliphatic rings. The highest BCUT2D eigenvalue weighted by Gasteiger charge is 2.17. The summed E-state index contributed by atoms with van der Waals surface area (Å²) < 4.78 is 24.1. The summed E-state index contributed by atoms with van der Waals surface area (Å²) >= 11 is 0. The van der Waals surface area contributed by atoms with Crippen LogP contribution in [0.4, 0.5) is 4.39 Å². The molecule has 1 rings (SSSR count). The monoisotopic (exact) mass is 242 g/mol. The Balaban J connectivity index is 2.82. The Labute approximate surface area is 96.9 Å². The smallest absolute Gasteiger partial charge is 0.188 e. The first-order chi connectivity index (χ1) is 7.79. The standard InChI is InChI=1S/C12H16FO2P/c1-3-14-10-12(13)16(15-4-2)11-8-6-5-7-9-11/h5-10H,3-4H2,1-2H3/b12-10-. The van der Waals surface area contributed by atoms with Gasteiger partial charge in [0.1, 0.15) is 14.4 Å². The first-order valence-electron chi connectivity index (χ1n) is 5.25. The van der Waals surface area contributed by atoms with Crippen molar-refractivity contribution in [3.63, 3.8) is 0 Å². The van der Waals surface area contributed by atoms with Crippen molar-refractivity contribution < 1.29 is 13.7 Å². The molecule has 16 heavy (non-hydrogen) atoms. The van der Waals surface area contributed by atoms with Crippen LogP contribution in [-0.2, 0) is 9.26 Å². The molecule has 0 fully saturated rings. The summed E-state index contributed by atoms with van der Waals surface area (Å²) in [6, 6.07) is 9.36. The molecule has 0 aliphatic carbocycles. The Hall–Kier alpha value is -0.920. The second-order valence-electron chi connectivity index (χ2n) is 2.94. The zero-order valence-corrected chi connectivity index (χ0v) is 10.4. The van der Waals surface area contributed by atoms with Gasteiger partial charge in [-0.25, -0.2) is 4.39 Å². The van der Waals surface area contributed by atoms with Gasteiger partial charge >= 0.3 is 0 Å². The lowest BCUT2D eigenvalue weighted by atomic mass is 10.4. The number of hydrogen-bond donors (Lipinski definition) is 0. The van der Waals surface area contributed by atoms with Crippen molar-refractivity contribution in [3.8, 4) is 0 Å². The third kappa shape index (κ3) is 3.92. The van der Waals surface area contributed by atoms with E-state index in [1.54, 1.807) is 0 Å². The quantitative estimate of drug-likeness (QED) is 0.561. The van der Waals surface area contributed by atoms with Gasteiger partial charge in [-0.05, 0) is 13.8 Å². The average molecular weight is 242 g/mol. The fourth-order valence-electron chi connectivity index (χ4n) is 1.15. The maximum Gasteiger partial charge on any atom is 0.188 e. The van der Waals surface area contributed by atoms with E-state index >= 15 is 0 Å². The third-order valence-electron chi connectivity index (χ3n) is 1.79. The number of ether oxygens (including phenoxy) is 1. The highest BCUT2D eigenvalue weighted by Crippen LogP contribution is 2.45. The van der Waals surface area contributed by atoms with Crippen LogP contribution in [0.5, 0.6) is 0 Å². The Morgan fingerprint density at radius 2 is 1.94 bits per heavy atom. The lowest BCUT2D eigenvalue weighted by molar-refractivity contribution is 0.261.